The lowest BCUT2D eigenvalue weighted by Crippen LogP contribution is -2.32. The first kappa shape index (κ1) is 24.3. The van der Waals surface area contributed by atoms with Crippen molar-refractivity contribution in [3.8, 4) is 11.4 Å². The molecule has 2 aromatic heterocycles. The zero-order chi connectivity index (χ0) is 25.4. The summed E-state index contributed by atoms with van der Waals surface area (Å²) in [5.74, 6) is -1.58. The third kappa shape index (κ3) is 5.14. The molecule has 11 heteroatoms. The van der Waals surface area contributed by atoms with E-state index in [1.807, 2.05) is 31.6 Å². The lowest BCUT2D eigenvalue weighted by atomic mass is 9.87. The Hall–Kier alpha value is -3.86. The third-order valence-electron chi connectivity index (χ3n) is 5.24. The van der Waals surface area contributed by atoms with Crippen LogP contribution in [0.1, 0.15) is 36.8 Å². The van der Waals surface area contributed by atoms with E-state index in [0.717, 1.165) is 11.8 Å². The average molecular weight is 501 g/mol. The highest BCUT2D eigenvalue weighted by molar-refractivity contribution is 7.90. The zero-order valence-corrected chi connectivity index (χ0v) is 19.9. The number of pyridine rings is 1. The van der Waals surface area contributed by atoms with Crippen LogP contribution in [0.3, 0.4) is 0 Å². The number of amides is 1. The van der Waals surface area contributed by atoms with Crippen molar-refractivity contribution in [1.82, 2.24) is 19.5 Å². The molecular formula is C24H22F2N4O4S. The molecule has 0 unspecified atom stereocenters. The van der Waals surface area contributed by atoms with Gasteiger partial charge in [-0.1, -0.05) is 32.9 Å². The fourth-order valence-electron chi connectivity index (χ4n) is 3.48. The van der Waals surface area contributed by atoms with Crippen LogP contribution in [-0.4, -0.2) is 35.7 Å². The topological polar surface area (TPSA) is 103 Å². The van der Waals surface area contributed by atoms with E-state index in [9.17, 15) is 22.0 Å². The van der Waals surface area contributed by atoms with E-state index < -0.39 is 38.6 Å². The van der Waals surface area contributed by atoms with E-state index in [1.54, 1.807) is 41.3 Å². The van der Waals surface area contributed by atoms with Crippen molar-refractivity contribution >= 4 is 26.8 Å². The average Bonchev–Trinajstić information content (AvgIpc) is 3.31. The van der Waals surface area contributed by atoms with Crippen molar-refractivity contribution in [2.45, 2.75) is 37.7 Å². The summed E-state index contributed by atoms with van der Waals surface area (Å²) >= 11 is 0. The van der Waals surface area contributed by atoms with Gasteiger partial charge < -0.3 is 4.74 Å². The molecule has 35 heavy (non-hydrogen) atoms. The summed E-state index contributed by atoms with van der Waals surface area (Å²) in [6, 6.07) is 13.9. The maximum absolute atomic E-state index is 13.1. The number of rotatable bonds is 6. The fraction of sp³-hybridized carbons (Fsp3) is 0.208. The smallest absolute Gasteiger partial charge is 0.387 e. The molecule has 0 aliphatic heterocycles. The maximum atomic E-state index is 13.1. The van der Waals surface area contributed by atoms with Gasteiger partial charge in [-0.3, -0.25) is 4.79 Å². The lowest BCUT2D eigenvalue weighted by molar-refractivity contribution is -0.0517. The van der Waals surface area contributed by atoms with Crippen LogP contribution in [0.25, 0.3) is 16.6 Å². The highest BCUT2D eigenvalue weighted by atomic mass is 32.2. The number of carbonyl (C=O) groups is 1. The minimum atomic E-state index is -4.58. The molecule has 1 N–H and O–H groups in total. The number of benzene rings is 2. The van der Waals surface area contributed by atoms with Crippen LogP contribution in [-0.2, 0) is 15.4 Å². The molecule has 0 fully saturated rings. The molecular weight excluding hydrogens is 478 g/mol. The van der Waals surface area contributed by atoms with Crippen LogP contribution in [0.2, 0.25) is 0 Å². The predicted molar refractivity (Wildman–Crippen MR) is 125 cm³/mol. The highest BCUT2D eigenvalue weighted by Crippen LogP contribution is 2.32. The van der Waals surface area contributed by atoms with E-state index in [4.69, 9.17) is 0 Å². The zero-order valence-electron chi connectivity index (χ0n) is 19.1. The maximum Gasteiger partial charge on any atom is 0.387 e. The monoisotopic (exact) mass is 500 g/mol. The quantitative estimate of drug-likeness (QED) is 0.420. The van der Waals surface area contributed by atoms with Crippen molar-refractivity contribution in [3.63, 3.8) is 0 Å². The molecule has 2 aromatic carbocycles. The molecule has 8 nitrogen and oxygen atoms in total. The first-order valence-corrected chi connectivity index (χ1v) is 12.0. The van der Waals surface area contributed by atoms with Gasteiger partial charge in [-0.25, -0.2) is 22.8 Å². The molecule has 0 atom stereocenters. The van der Waals surface area contributed by atoms with Crippen LogP contribution in [0, 0.1) is 0 Å². The van der Waals surface area contributed by atoms with Gasteiger partial charge in [0.05, 0.1) is 11.2 Å². The summed E-state index contributed by atoms with van der Waals surface area (Å²) in [5.41, 5.74) is 1.08. The Morgan fingerprint density at radius 3 is 2.51 bits per heavy atom. The number of hydrogen-bond donors (Lipinski definition) is 1. The first-order chi connectivity index (χ1) is 16.5. The molecule has 0 saturated heterocycles. The van der Waals surface area contributed by atoms with Gasteiger partial charge in [-0.2, -0.15) is 13.9 Å². The summed E-state index contributed by atoms with van der Waals surface area (Å²) in [6.45, 7) is 2.26. The minimum Gasteiger partial charge on any atom is -0.433 e. The molecule has 4 aromatic rings. The van der Waals surface area contributed by atoms with E-state index >= 15 is 0 Å². The standard InChI is InChI=1S/C24H22F2N4O4S/c1-24(2,3)15-8-11-20(34-23(25)26)21(14-15)35(32,33)29-22(31)18-10-9-16-17(28-18)6-4-7-19(16)30-13-5-12-27-30/h4-14,23H,1-3H3,(H,29,31). The van der Waals surface area contributed by atoms with Gasteiger partial charge in [0.2, 0.25) is 0 Å². The summed E-state index contributed by atoms with van der Waals surface area (Å²) in [6.07, 6.45) is 3.38. The second kappa shape index (κ2) is 9.06. The first-order valence-electron chi connectivity index (χ1n) is 10.5. The normalized spacial score (nSPS) is 12.2. The minimum absolute atomic E-state index is 0.165. The van der Waals surface area contributed by atoms with Gasteiger partial charge in [-0.05, 0) is 53.4 Å². The number of nitrogens with one attached hydrogen (secondary N) is 1. The van der Waals surface area contributed by atoms with Gasteiger partial charge in [0.15, 0.2) is 0 Å². The molecule has 0 bridgehead atoms. The SMILES string of the molecule is CC(C)(C)c1ccc(OC(F)F)c(S(=O)(=O)NC(=O)c2ccc3c(-n4cccn4)cccc3n2)c1. The van der Waals surface area contributed by atoms with Crippen LogP contribution in [0.15, 0.2) is 71.9 Å². The number of nitrogens with zero attached hydrogens (tertiary/aromatic N) is 3. The Bertz CT molecular complexity index is 1500. The number of carbonyl (C=O) groups excluding carboxylic acids is 1. The van der Waals surface area contributed by atoms with Gasteiger partial charge in [-0.15, -0.1) is 0 Å². The lowest BCUT2D eigenvalue weighted by Gasteiger charge is -2.21. The Morgan fingerprint density at radius 1 is 1.09 bits per heavy atom. The van der Waals surface area contributed by atoms with Crippen LogP contribution in [0.5, 0.6) is 5.75 Å². The Kier molecular flexibility index (Phi) is 6.28. The van der Waals surface area contributed by atoms with Crippen LogP contribution < -0.4 is 9.46 Å². The fourth-order valence-corrected chi connectivity index (χ4v) is 4.61. The molecule has 0 aliphatic carbocycles. The number of ether oxygens (including phenoxy) is 1. The molecule has 2 heterocycles. The van der Waals surface area contributed by atoms with Crippen molar-refractivity contribution in [3.05, 3.63) is 78.2 Å². The van der Waals surface area contributed by atoms with Gasteiger partial charge in [0.25, 0.3) is 15.9 Å². The number of halogens is 2. The summed E-state index contributed by atoms with van der Waals surface area (Å²) in [4.78, 5) is 16.6. The molecule has 0 spiro atoms. The van der Waals surface area contributed by atoms with E-state index in [2.05, 4.69) is 14.8 Å². The molecule has 1 amide bonds. The molecule has 0 radical (unpaired) electrons. The molecule has 0 aliphatic rings. The number of fused-ring (bicyclic) bond motifs is 1. The van der Waals surface area contributed by atoms with Crippen LogP contribution in [0.4, 0.5) is 8.78 Å². The predicted octanol–water partition coefficient (Wildman–Crippen LogP) is 4.44. The summed E-state index contributed by atoms with van der Waals surface area (Å²) in [5, 5.41) is 4.89. The number of sulfonamides is 1. The van der Waals surface area contributed by atoms with Gasteiger partial charge in [0, 0.05) is 17.8 Å². The second-order valence-electron chi connectivity index (χ2n) is 8.72. The third-order valence-corrected chi connectivity index (χ3v) is 6.59. The summed E-state index contributed by atoms with van der Waals surface area (Å²) < 4.78 is 59.9. The van der Waals surface area contributed by atoms with Crippen molar-refractivity contribution in [2.24, 2.45) is 0 Å². The van der Waals surface area contributed by atoms with E-state index in [-0.39, 0.29) is 5.69 Å². The Morgan fingerprint density at radius 2 is 1.86 bits per heavy atom. The van der Waals surface area contributed by atoms with E-state index in [1.165, 1.54) is 18.2 Å². The van der Waals surface area contributed by atoms with Gasteiger partial charge >= 0.3 is 6.61 Å². The number of alkyl halides is 2. The van der Waals surface area contributed by atoms with Crippen molar-refractivity contribution in [1.29, 1.82) is 0 Å². The molecule has 4 rings (SSSR count). The van der Waals surface area contributed by atoms with Crippen molar-refractivity contribution < 1.29 is 26.7 Å². The Balaban J connectivity index is 1.69. The van der Waals surface area contributed by atoms with Gasteiger partial charge in [0.1, 0.15) is 16.3 Å². The molecule has 0 saturated carbocycles. The number of hydrogen-bond acceptors (Lipinski definition) is 6. The van der Waals surface area contributed by atoms with E-state index in [0.29, 0.717) is 16.5 Å². The van der Waals surface area contributed by atoms with Crippen molar-refractivity contribution in [2.75, 3.05) is 0 Å². The molecule has 182 valence electrons. The number of aromatic nitrogens is 3. The second-order valence-corrected chi connectivity index (χ2v) is 10.4. The largest absolute Gasteiger partial charge is 0.433 e. The summed E-state index contributed by atoms with van der Waals surface area (Å²) in [7, 11) is -4.58. The Labute approximate surface area is 200 Å². The van der Waals surface area contributed by atoms with Crippen LogP contribution >= 0.6 is 0 Å². The highest BCUT2D eigenvalue weighted by Gasteiger charge is 2.27.